The number of nitrogens with two attached hydrogens (primary N) is 1. The highest BCUT2D eigenvalue weighted by Crippen LogP contribution is 2.23. The van der Waals surface area contributed by atoms with Crippen LogP contribution in [0.5, 0.6) is 0 Å². The van der Waals surface area contributed by atoms with Gasteiger partial charge >= 0.3 is 5.97 Å². The van der Waals surface area contributed by atoms with Gasteiger partial charge in [0.25, 0.3) is 0 Å². The molecular formula is C10H15N3O2. The standard InChI is InChI=1S/C10H15N3O2/c1-3-13(4-2)9-8(11)7(10(14)15)5-6-12-9/h5-6H,3-4,11H2,1-2H3,(H,14,15). The number of hydrogen-bond acceptors (Lipinski definition) is 4. The third kappa shape index (κ3) is 2.18. The molecule has 0 bridgehead atoms. The molecule has 5 nitrogen and oxygen atoms in total. The summed E-state index contributed by atoms with van der Waals surface area (Å²) in [6, 6.07) is 1.41. The Morgan fingerprint density at radius 2 is 2.13 bits per heavy atom. The van der Waals surface area contributed by atoms with E-state index in [9.17, 15) is 4.79 Å². The van der Waals surface area contributed by atoms with Crippen molar-refractivity contribution in [2.75, 3.05) is 23.7 Å². The van der Waals surface area contributed by atoms with Crippen LogP contribution in [0.25, 0.3) is 0 Å². The monoisotopic (exact) mass is 209 g/mol. The molecule has 82 valence electrons. The quantitative estimate of drug-likeness (QED) is 0.779. The summed E-state index contributed by atoms with van der Waals surface area (Å²) in [6.07, 6.45) is 1.47. The number of nitrogen functional groups attached to an aromatic ring is 1. The number of nitrogens with zero attached hydrogens (tertiary/aromatic N) is 2. The lowest BCUT2D eigenvalue weighted by Crippen LogP contribution is -2.24. The van der Waals surface area contributed by atoms with Crippen LogP contribution >= 0.6 is 0 Å². The number of anilines is 2. The van der Waals surface area contributed by atoms with Crippen LogP contribution in [0.2, 0.25) is 0 Å². The molecule has 0 aromatic carbocycles. The molecule has 0 aliphatic rings. The Bertz CT molecular complexity index is 362. The van der Waals surface area contributed by atoms with E-state index in [-0.39, 0.29) is 11.3 Å². The Morgan fingerprint density at radius 3 is 2.60 bits per heavy atom. The van der Waals surface area contributed by atoms with Crippen LogP contribution in [-0.4, -0.2) is 29.1 Å². The number of aromatic carboxylic acids is 1. The Kier molecular flexibility index (Phi) is 3.49. The van der Waals surface area contributed by atoms with E-state index in [1.807, 2.05) is 18.7 Å². The van der Waals surface area contributed by atoms with Gasteiger partial charge in [-0.1, -0.05) is 0 Å². The topological polar surface area (TPSA) is 79.5 Å². The van der Waals surface area contributed by atoms with Gasteiger partial charge in [0.05, 0.1) is 11.3 Å². The Balaban J connectivity index is 3.19. The van der Waals surface area contributed by atoms with Crippen molar-refractivity contribution in [3.8, 4) is 0 Å². The number of hydrogen-bond donors (Lipinski definition) is 2. The van der Waals surface area contributed by atoms with Crippen LogP contribution in [0.3, 0.4) is 0 Å². The van der Waals surface area contributed by atoms with E-state index in [2.05, 4.69) is 4.98 Å². The molecular weight excluding hydrogens is 194 g/mol. The predicted molar refractivity (Wildman–Crippen MR) is 59.2 cm³/mol. The first-order valence-electron chi connectivity index (χ1n) is 4.84. The van der Waals surface area contributed by atoms with Gasteiger partial charge in [-0.15, -0.1) is 0 Å². The molecule has 0 radical (unpaired) electrons. The van der Waals surface area contributed by atoms with Crippen LogP contribution < -0.4 is 10.6 Å². The normalized spacial score (nSPS) is 10.0. The zero-order valence-electron chi connectivity index (χ0n) is 8.90. The Labute approximate surface area is 88.5 Å². The van der Waals surface area contributed by atoms with Crippen LogP contribution in [0.4, 0.5) is 11.5 Å². The molecule has 0 spiro atoms. The summed E-state index contributed by atoms with van der Waals surface area (Å²) in [7, 11) is 0. The summed E-state index contributed by atoms with van der Waals surface area (Å²) in [5, 5.41) is 8.89. The maximum atomic E-state index is 10.8. The lowest BCUT2D eigenvalue weighted by molar-refractivity contribution is 0.0698. The van der Waals surface area contributed by atoms with Crippen molar-refractivity contribution in [2.45, 2.75) is 13.8 Å². The smallest absolute Gasteiger partial charge is 0.337 e. The Hall–Kier alpha value is -1.78. The van der Waals surface area contributed by atoms with Crippen LogP contribution in [-0.2, 0) is 0 Å². The molecule has 0 fully saturated rings. The van der Waals surface area contributed by atoms with Gasteiger partial charge in [-0.3, -0.25) is 0 Å². The molecule has 0 saturated carbocycles. The van der Waals surface area contributed by atoms with Crippen molar-refractivity contribution in [1.29, 1.82) is 0 Å². The van der Waals surface area contributed by atoms with Gasteiger partial charge in [0.2, 0.25) is 0 Å². The lowest BCUT2D eigenvalue weighted by atomic mass is 10.2. The second kappa shape index (κ2) is 4.63. The molecule has 1 aromatic rings. The van der Waals surface area contributed by atoms with Crippen LogP contribution in [0.1, 0.15) is 24.2 Å². The van der Waals surface area contributed by atoms with Crippen molar-refractivity contribution < 1.29 is 9.90 Å². The van der Waals surface area contributed by atoms with Gasteiger partial charge < -0.3 is 15.7 Å². The zero-order chi connectivity index (χ0) is 11.4. The predicted octanol–water partition coefficient (Wildman–Crippen LogP) is 1.21. The molecule has 5 heteroatoms. The third-order valence-electron chi connectivity index (χ3n) is 2.26. The lowest BCUT2D eigenvalue weighted by Gasteiger charge is -2.21. The van der Waals surface area contributed by atoms with Gasteiger partial charge in [-0.2, -0.15) is 0 Å². The van der Waals surface area contributed by atoms with Crippen LogP contribution in [0, 0.1) is 0 Å². The molecule has 1 aromatic heterocycles. The first-order valence-corrected chi connectivity index (χ1v) is 4.84. The maximum Gasteiger partial charge on any atom is 0.337 e. The van der Waals surface area contributed by atoms with Gasteiger partial charge in [-0.05, 0) is 19.9 Å². The van der Waals surface area contributed by atoms with E-state index in [4.69, 9.17) is 10.8 Å². The van der Waals surface area contributed by atoms with Gasteiger partial charge in [0, 0.05) is 19.3 Å². The Morgan fingerprint density at radius 1 is 1.53 bits per heavy atom. The summed E-state index contributed by atoms with van der Waals surface area (Å²) < 4.78 is 0. The second-order valence-electron chi connectivity index (χ2n) is 3.07. The second-order valence-corrected chi connectivity index (χ2v) is 3.07. The molecule has 3 N–H and O–H groups in total. The van der Waals surface area contributed by atoms with E-state index in [0.29, 0.717) is 5.82 Å². The molecule has 0 atom stereocenters. The molecule has 0 amide bonds. The number of carbonyl (C=O) groups is 1. The largest absolute Gasteiger partial charge is 0.478 e. The van der Waals surface area contributed by atoms with Crippen LogP contribution in [0.15, 0.2) is 12.3 Å². The van der Waals surface area contributed by atoms with Crippen molar-refractivity contribution in [1.82, 2.24) is 4.98 Å². The van der Waals surface area contributed by atoms with E-state index < -0.39 is 5.97 Å². The highest BCUT2D eigenvalue weighted by Gasteiger charge is 2.15. The number of carboxylic acids is 1. The number of pyridine rings is 1. The fourth-order valence-electron chi connectivity index (χ4n) is 1.42. The maximum absolute atomic E-state index is 10.8. The summed E-state index contributed by atoms with van der Waals surface area (Å²) >= 11 is 0. The van der Waals surface area contributed by atoms with Crippen molar-refractivity contribution >= 4 is 17.5 Å². The molecule has 0 aliphatic carbocycles. The van der Waals surface area contributed by atoms with Gasteiger partial charge in [0.15, 0.2) is 5.82 Å². The minimum Gasteiger partial charge on any atom is -0.478 e. The van der Waals surface area contributed by atoms with Crippen molar-refractivity contribution in [3.05, 3.63) is 17.8 Å². The van der Waals surface area contributed by atoms with Crippen molar-refractivity contribution in [2.24, 2.45) is 0 Å². The van der Waals surface area contributed by atoms with Crippen molar-refractivity contribution in [3.63, 3.8) is 0 Å². The fourth-order valence-corrected chi connectivity index (χ4v) is 1.42. The molecule has 1 rings (SSSR count). The molecule has 0 unspecified atom stereocenters. The number of rotatable bonds is 4. The number of aromatic nitrogens is 1. The van der Waals surface area contributed by atoms with E-state index in [1.165, 1.54) is 12.3 Å². The minimum absolute atomic E-state index is 0.104. The van der Waals surface area contributed by atoms with E-state index in [0.717, 1.165) is 13.1 Å². The molecule has 1 heterocycles. The third-order valence-corrected chi connectivity index (χ3v) is 2.26. The summed E-state index contributed by atoms with van der Waals surface area (Å²) in [4.78, 5) is 16.9. The van der Waals surface area contributed by atoms with E-state index >= 15 is 0 Å². The average molecular weight is 209 g/mol. The highest BCUT2D eigenvalue weighted by molar-refractivity contribution is 5.96. The summed E-state index contributed by atoms with van der Waals surface area (Å²) in [5.74, 6) is -0.483. The molecule has 0 saturated heterocycles. The van der Waals surface area contributed by atoms with Gasteiger partial charge in [0.1, 0.15) is 0 Å². The first kappa shape index (κ1) is 11.3. The molecule has 15 heavy (non-hydrogen) atoms. The minimum atomic E-state index is -1.02. The zero-order valence-corrected chi connectivity index (χ0v) is 8.90. The fraction of sp³-hybridized carbons (Fsp3) is 0.400. The van der Waals surface area contributed by atoms with E-state index in [1.54, 1.807) is 0 Å². The van der Waals surface area contributed by atoms with Gasteiger partial charge in [-0.25, -0.2) is 9.78 Å². The molecule has 0 aliphatic heterocycles. The summed E-state index contributed by atoms with van der Waals surface area (Å²) in [6.45, 7) is 5.43. The average Bonchev–Trinajstić information content (AvgIpc) is 2.21. The first-order chi connectivity index (χ1) is 7.11. The SMILES string of the molecule is CCN(CC)c1nccc(C(=O)O)c1N. The highest BCUT2D eigenvalue weighted by atomic mass is 16.4. The summed E-state index contributed by atoms with van der Waals surface area (Å²) in [5.41, 5.74) is 6.09. The number of carboxylic acid groups (broad SMARTS) is 1.